The van der Waals surface area contributed by atoms with Crippen molar-refractivity contribution in [2.24, 2.45) is 0 Å². The minimum Gasteiger partial charge on any atom is -0.483 e. The molecule has 1 aromatic carbocycles. The second kappa shape index (κ2) is 11.9. The number of carboxylic acids is 1. The highest BCUT2D eigenvalue weighted by Crippen LogP contribution is 2.41. The molecule has 0 bridgehead atoms. The zero-order valence-corrected chi connectivity index (χ0v) is 18.9. The van der Waals surface area contributed by atoms with E-state index >= 15 is 0 Å². The smallest absolute Gasteiger partial charge is 0.335 e. The number of hydrogen-bond acceptors (Lipinski definition) is 5. The highest BCUT2D eigenvalue weighted by atomic mass is 32.2. The third kappa shape index (κ3) is 7.12. The summed E-state index contributed by atoms with van der Waals surface area (Å²) < 4.78 is 8.44. The number of aromatic carboxylic acids is 1. The summed E-state index contributed by atoms with van der Waals surface area (Å²) in [5.41, 5.74) is 1.19. The molecule has 0 heterocycles. The van der Waals surface area contributed by atoms with Gasteiger partial charge in [-0.1, -0.05) is 44.9 Å². The predicted molar refractivity (Wildman–Crippen MR) is 122 cm³/mol. The van der Waals surface area contributed by atoms with Crippen LogP contribution < -0.4 is 9.64 Å². The first-order chi connectivity index (χ1) is 14.0. The molecule has 6 heteroatoms. The lowest BCUT2D eigenvalue weighted by molar-refractivity contribution is 0.0696. The van der Waals surface area contributed by atoms with Crippen molar-refractivity contribution in [2.45, 2.75) is 57.0 Å². The number of rotatable bonds is 12. The third-order valence-corrected chi connectivity index (χ3v) is 5.54. The molecule has 1 atom stereocenters. The maximum atomic E-state index is 11.8. The minimum atomic E-state index is -0.912. The fourth-order valence-corrected chi connectivity index (χ4v) is 3.98. The maximum Gasteiger partial charge on any atom is 0.335 e. The standard InChI is InChI=1S/C23H34N2O3S/c1-5-7-14-25(15-8-6-2)20-16-18(23(26)27)17-21(29-24(3)4)22(20)28-19-12-10-9-11-13-19/h9-12,16-17,19H,5-8,13-15H2,1-4H3,(H,26,27). The average molecular weight is 419 g/mol. The van der Waals surface area contributed by atoms with E-state index < -0.39 is 5.97 Å². The summed E-state index contributed by atoms with van der Waals surface area (Å²) in [5.74, 6) is -0.129. The quantitative estimate of drug-likeness (QED) is 0.444. The Morgan fingerprint density at radius 3 is 2.38 bits per heavy atom. The summed E-state index contributed by atoms with van der Waals surface area (Å²) in [6.45, 7) is 6.13. The van der Waals surface area contributed by atoms with Crippen LogP contribution >= 0.6 is 11.9 Å². The molecule has 29 heavy (non-hydrogen) atoms. The summed E-state index contributed by atoms with van der Waals surface area (Å²) in [5, 5.41) is 9.71. The van der Waals surface area contributed by atoms with Crippen LogP contribution in [-0.4, -0.2) is 48.7 Å². The highest BCUT2D eigenvalue weighted by Gasteiger charge is 2.23. The largest absolute Gasteiger partial charge is 0.483 e. The fraction of sp³-hybridized carbons (Fsp3) is 0.522. The van der Waals surface area contributed by atoms with Gasteiger partial charge in [0.25, 0.3) is 0 Å². The number of hydrogen-bond donors (Lipinski definition) is 1. The average Bonchev–Trinajstić information content (AvgIpc) is 2.69. The van der Waals surface area contributed by atoms with Crippen molar-refractivity contribution in [2.75, 3.05) is 32.1 Å². The van der Waals surface area contributed by atoms with Gasteiger partial charge in [0, 0.05) is 19.5 Å². The lowest BCUT2D eigenvalue weighted by Gasteiger charge is -2.30. The molecule has 0 aliphatic heterocycles. The first-order valence-corrected chi connectivity index (χ1v) is 11.2. The van der Waals surface area contributed by atoms with E-state index in [0.717, 1.165) is 61.5 Å². The van der Waals surface area contributed by atoms with Crippen LogP contribution in [-0.2, 0) is 0 Å². The molecule has 0 radical (unpaired) electrons. The molecule has 0 fully saturated rings. The summed E-state index contributed by atoms with van der Waals surface area (Å²) >= 11 is 1.50. The molecule has 1 N–H and O–H groups in total. The highest BCUT2D eigenvalue weighted by molar-refractivity contribution is 7.97. The molecule has 1 aliphatic rings. The van der Waals surface area contributed by atoms with Gasteiger partial charge in [-0.2, -0.15) is 0 Å². The van der Waals surface area contributed by atoms with E-state index in [0.29, 0.717) is 5.56 Å². The Morgan fingerprint density at radius 2 is 1.86 bits per heavy atom. The number of ether oxygens (including phenoxy) is 1. The first-order valence-electron chi connectivity index (χ1n) is 10.5. The first kappa shape index (κ1) is 23.4. The number of allylic oxidation sites excluding steroid dienone is 2. The van der Waals surface area contributed by atoms with Crippen molar-refractivity contribution in [3.63, 3.8) is 0 Å². The Kier molecular flexibility index (Phi) is 9.61. The van der Waals surface area contributed by atoms with Gasteiger partial charge in [-0.05, 0) is 57.1 Å². The SMILES string of the molecule is CCCCN(CCCC)c1cc(C(=O)O)cc(SN(C)C)c1OC1C=CC=CC1. The van der Waals surface area contributed by atoms with Gasteiger partial charge in [-0.3, -0.25) is 4.31 Å². The number of benzene rings is 1. The number of nitrogens with zero attached hydrogens (tertiary/aromatic N) is 2. The van der Waals surface area contributed by atoms with Crippen LogP contribution in [0.1, 0.15) is 56.3 Å². The Balaban J connectivity index is 2.54. The van der Waals surface area contributed by atoms with E-state index in [4.69, 9.17) is 4.74 Å². The van der Waals surface area contributed by atoms with E-state index in [2.05, 4.69) is 30.9 Å². The number of anilines is 1. The Bertz CT molecular complexity index is 723. The van der Waals surface area contributed by atoms with Crippen molar-refractivity contribution in [1.82, 2.24) is 4.31 Å². The monoisotopic (exact) mass is 418 g/mol. The van der Waals surface area contributed by atoms with Crippen LogP contribution in [0.2, 0.25) is 0 Å². The zero-order valence-electron chi connectivity index (χ0n) is 18.1. The summed E-state index contributed by atoms with van der Waals surface area (Å²) in [6.07, 6.45) is 13.2. The second-order valence-corrected chi connectivity index (χ2v) is 8.78. The van der Waals surface area contributed by atoms with Crippen molar-refractivity contribution in [3.8, 4) is 5.75 Å². The van der Waals surface area contributed by atoms with Crippen LogP contribution in [0.25, 0.3) is 0 Å². The molecule has 0 spiro atoms. The van der Waals surface area contributed by atoms with Crippen molar-refractivity contribution >= 4 is 23.6 Å². The molecule has 160 valence electrons. The van der Waals surface area contributed by atoms with Crippen molar-refractivity contribution < 1.29 is 14.6 Å². The number of carboxylic acid groups (broad SMARTS) is 1. The third-order valence-electron chi connectivity index (χ3n) is 4.68. The molecule has 1 unspecified atom stereocenters. The van der Waals surface area contributed by atoms with E-state index in [9.17, 15) is 9.90 Å². The molecule has 0 amide bonds. The zero-order chi connectivity index (χ0) is 21.2. The summed E-state index contributed by atoms with van der Waals surface area (Å²) in [4.78, 5) is 15.0. The van der Waals surface area contributed by atoms with E-state index in [1.54, 1.807) is 12.1 Å². The van der Waals surface area contributed by atoms with Gasteiger partial charge in [-0.15, -0.1) is 0 Å². The fourth-order valence-electron chi connectivity index (χ4n) is 3.18. The molecular formula is C23H34N2O3S. The Hall–Kier alpha value is -1.92. The van der Waals surface area contributed by atoms with Gasteiger partial charge in [0.1, 0.15) is 6.10 Å². The van der Waals surface area contributed by atoms with E-state index in [1.165, 1.54) is 11.9 Å². The maximum absolute atomic E-state index is 11.8. The molecule has 0 saturated carbocycles. The van der Waals surface area contributed by atoms with E-state index in [1.807, 2.05) is 30.6 Å². The Morgan fingerprint density at radius 1 is 1.17 bits per heavy atom. The molecule has 0 aromatic heterocycles. The molecule has 1 aromatic rings. The second-order valence-electron chi connectivity index (χ2n) is 7.43. The van der Waals surface area contributed by atoms with Crippen molar-refractivity contribution in [1.29, 1.82) is 0 Å². The number of carbonyl (C=O) groups is 1. The molecular weight excluding hydrogens is 384 g/mol. The van der Waals surface area contributed by atoms with Gasteiger partial charge in [0.05, 0.1) is 16.1 Å². The van der Waals surface area contributed by atoms with Crippen LogP contribution in [0.15, 0.2) is 41.3 Å². The van der Waals surface area contributed by atoms with Crippen LogP contribution in [0.5, 0.6) is 5.75 Å². The number of unbranched alkanes of at least 4 members (excludes halogenated alkanes) is 2. The molecule has 2 rings (SSSR count). The Labute approximate surface area is 179 Å². The molecule has 5 nitrogen and oxygen atoms in total. The van der Waals surface area contributed by atoms with Gasteiger partial charge in [0.15, 0.2) is 5.75 Å². The van der Waals surface area contributed by atoms with Crippen LogP contribution in [0.3, 0.4) is 0 Å². The van der Waals surface area contributed by atoms with Crippen LogP contribution in [0.4, 0.5) is 5.69 Å². The molecule has 1 aliphatic carbocycles. The summed E-state index contributed by atoms with van der Waals surface area (Å²) in [7, 11) is 3.91. The van der Waals surface area contributed by atoms with Crippen LogP contribution in [0, 0.1) is 0 Å². The topological polar surface area (TPSA) is 53.0 Å². The normalized spacial score (nSPS) is 15.7. The van der Waals surface area contributed by atoms with E-state index in [-0.39, 0.29) is 6.10 Å². The lowest BCUT2D eigenvalue weighted by atomic mass is 10.1. The van der Waals surface area contributed by atoms with Gasteiger partial charge >= 0.3 is 5.97 Å². The van der Waals surface area contributed by atoms with Crippen molar-refractivity contribution in [3.05, 3.63) is 42.0 Å². The predicted octanol–water partition coefficient (Wildman–Crippen LogP) is 5.62. The minimum absolute atomic E-state index is 0.0462. The molecule has 0 saturated heterocycles. The van der Waals surface area contributed by atoms with Gasteiger partial charge < -0.3 is 14.7 Å². The lowest BCUT2D eigenvalue weighted by Crippen LogP contribution is -2.27. The van der Waals surface area contributed by atoms with Gasteiger partial charge in [0.2, 0.25) is 0 Å². The summed E-state index contributed by atoms with van der Waals surface area (Å²) in [6, 6.07) is 3.51. The van der Waals surface area contributed by atoms with Gasteiger partial charge in [-0.25, -0.2) is 4.79 Å².